The number of aryl methyl sites for hydroxylation is 4. The Balaban J connectivity index is 2.23. The number of oxazole rings is 1. The molecule has 0 saturated carbocycles. The molecule has 0 N–H and O–H groups in total. The van der Waals surface area contributed by atoms with Gasteiger partial charge in [-0.2, -0.15) is 0 Å². The van der Waals surface area contributed by atoms with E-state index in [9.17, 15) is 0 Å². The number of fused-ring (bicyclic) bond motifs is 1. The topological polar surface area (TPSA) is 26.0 Å². The van der Waals surface area contributed by atoms with Crippen LogP contribution in [0, 0.1) is 27.7 Å². The first-order valence-corrected chi connectivity index (χ1v) is 6.49. The Hall–Kier alpha value is -2.09. The quantitative estimate of drug-likeness (QED) is 0.625. The van der Waals surface area contributed by atoms with E-state index in [0.29, 0.717) is 5.89 Å². The van der Waals surface area contributed by atoms with Crippen molar-refractivity contribution in [2.75, 3.05) is 0 Å². The Morgan fingerprint density at radius 1 is 0.789 bits per heavy atom. The lowest BCUT2D eigenvalue weighted by Crippen LogP contribution is -1.82. The average molecular weight is 251 g/mol. The van der Waals surface area contributed by atoms with Crippen LogP contribution in [0.3, 0.4) is 0 Å². The number of benzene rings is 2. The van der Waals surface area contributed by atoms with E-state index in [4.69, 9.17) is 4.42 Å². The molecule has 1 aromatic heterocycles. The zero-order chi connectivity index (χ0) is 13.6. The summed E-state index contributed by atoms with van der Waals surface area (Å²) >= 11 is 0. The highest BCUT2D eigenvalue weighted by Crippen LogP contribution is 2.28. The molecule has 1 heterocycles. The van der Waals surface area contributed by atoms with Crippen molar-refractivity contribution in [3.05, 3.63) is 52.6 Å². The smallest absolute Gasteiger partial charge is 0.227 e. The fraction of sp³-hybridized carbons (Fsp3) is 0.235. The SMILES string of the molecule is Cc1cc(C)cc(-c2nc3cc(C)cc(C)c3o2)c1. The maximum atomic E-state index is 5.94. The predicted molar refractivity (Wildman–Crippen MR) is 78.4 cm³/mol. The molecular weight excluding hydrogens is 234 g/mol. The van der Waals surface area contributed by atoms with Gasteiger partial charge in [0.2, 0.25) is 5.89 Å². The number of rotatable bonds is 1. The largest absolute Gasteiger partial charge is 0.436 e. The van der Waals surface area contributed by atoms with E-state index in [-0.39, 0.29) is 0 Å². The minimum absolute atomic E-state index is 0.704. The summed E-state index contributed by atoms with van der Waals surface area (Å²) in [7, 11) is 0. The van der Waals surface area contributed by atoms with Crippen LogP contribution in [0.25, 0.3) is 22.6 Å². The highest BCUT2D eigenvalue weighted by molar-refractivity contribution is 5.80. The third kappa shape index (κ3) is 2.14. The number of hydrogen-bond acceptors (Lipinski definition) is 2. The van der Waals surface area contributed by atoms with Crippen LogP contribution in [-0.2, 0) is 0 Å². The summed E-state index contributed by atoms with van der Waals surface area (Å²) in [4.78, 5) is 4.62. The first-order valence-electron chi connectivity index (χ1n) is 6.49. The Morgan fingerprint density at radius 2 is 1.42 bits per heavy atom. The molecule has 0 fully saturated rings. The lowest BCUT2D eigenvalue weighted by Gasteiger charge is -2.00. The van der Waals surface area contributed by atoms with Gasteiger partial charge < -0.3 is 4.42 Å². The summed E-state index contributed by atoms with van der Waals surface area (Å²) in [6.07, 6.45) is 0. The molecule has 0 bridgehead atoms. The second kappa shape index (κ2) is 4.23. The standard InChI is InChI=1S/C17H17NO/c1-10-5-11(2)8-14(7-10)17-18-15-9-12(3)6-13(4)16(15)19-17/h5-9H,1-4H3. The van der Waals surface area contributed by atoms with Gasteiger partial charge in [-0.05, 0) is 57.0 Å². The van der Waals surface area contributed by atoms with E-state index in [1.807, 2.05) is 0 Å². The molecule has 0 radical (unpaired) electrons. The summed E-state index contributed by atoms with van der Waals surface area (Å²) in [5, 5.41) is 0. The Morgan fingerprint density at radius 3 is 2.11 bits per heavy atom. The third-order valence-electron chi connectivity index (χ3n) is 3.29. The Labute approximate surface area is 113 Å². The normalized spacial score (nSPS) is 11.2. The molecule has 0 amide bonds. The molecule has 3 aromatic rings. The van der Waals surface area contributed by atoms with Gasteiger partial charge in [-0.1, -0.05) is 23.3 Å². The van der Waals surface area contributed by atoms with Crippen molar-refractivity contribution >= 4 is 11.1 Å². The molecule has 96 valence electrons. The molecule has 0 atom stereocenters. The van der Waals surface area contributed by atoms with E-state index in [2.05, 4.69) is 63.0 Å². The highest BCUT2D eigenvalue weighted by atomic mass is 16.3. The van der Waals surface area contributed by atoms with Crippen LogP contribution < -0.4 is 0 Å². The summed E-state index contributed by atoms with van der Waals surface area (Å²) < 4.78 is 5.94. The molecule has 0 unspecified atom stereocenters. The molecule has 2 aromatic carbocycles. The van der Waals surface area contributed by atoms with Crippen LogP contribution in [0.15, 0.2) is 34.7 Å². The van der Waals surface area contributed by atoms with Gasteiger partial charge in [0.05, 0.1) is 0 Å². The van der Waals surface area contributed by atoms with E-state index in [1.165, 1.54) is 16.7 Å². The van der Waals surface area contributed by atoms with E-state index in [0.717, 1.165) is 22.2 Å². The van der Waals surface area contributed by atoms with E-state index >= 15 is 0 Å². The van der Waals surface area contributed by atoms with Crippen molar-refractivity contribution < 1.29 is 4.42 Å². The van der Waals surface area contributed by atoms with E-state index < -0.39 is 0 Å². The average Bonchev–Trinajstić information content (AvgIpc) is 2.71. The lowest BCUT2D eigenvalue weighted by atomic mass is 10.1. The predicted octanol–water partition coefficient (Wildman–Crippen LogP) is 4.73. The third-order valence-corrected chi connectivity index (χ3v) is 3.29. The van der Waals surface area contributed by atoms with Crippen LogP contribution in [0.5, 0.6) is 0 Å². The van der Waals surface area contributed by atoms with Gasteiger partial charge in [-0.15, -0.1) is 0 Å². The monoisotopic (exact) mass is 251 g/mol. The Kier molecular flexibility index (Phi) is 2.67. The molecular formula is C17H17NO. The summed E-state index contributed by atoms with van der Waals surface area (Å²) in [6.45, 7) is 8.33. The maximum Gasteiger partial charge on any atom is 0.227 e. The second-order valence-electron chi connectivity index (χ2n) is 5.33. The van der Waals surface area contributed by atoms with Gasteiger partial charge in [-0.3, -0.25) is 0 Å². The molecule has 0 saturated heterocycles. The first-order chi connectivity index (χ1) is 9.02. The van der Waals surface area contributed by atoms with Crippen molar-refractivity contribution in [2.45, 2.75) is 27.7 Å². The molecule has 0 spiro atoms. The van der Waals surface area contributed by atoms with Crippen molar-refractivity contribution in [3.63, 3.8) is 0 Å². The van der Waals surface area contributed by atoms with E-state index in [1.54, 1.807) is 0 Å². The molecule has 0 aliphatic rings. The van der Waals surface area contributed by atoms with Crippen molar-refractivity contribution in [1.82, 2.24) is 4.98 Å². The minimum atomic E-state index is 0.704. The van der Waals surface area contributed by atoms with Crippen LogP contribution in [-0.4, -0.2) is 4.98 Å². The zero-order valence-corrected chi connectivity index (χ0v) is 11.7. The number of hydrogen-bond donors (Lipinski definition) is 0. The molecule has 2 nitrogen and oxygen atoms in total. The summed E-state index contributed by atoms with van der Waals surface area (Å²) in [5.41, 5.74) is 7.68. The number of aromatic nitrogens is 1. The minimum Gasteiger partial charge on any atom is -0.436 e. The molecule has 3 rings (SSSR count). The zero-order valence-electron chi connectivity index (χ0n) is 11.7. The molecule has 19 heavy (non-hydrogen) atoms. The van der Waals surface area contributed by atoms with Gasteiger partial charge in [0.1, 0.15) is 5.52 Å². The van der Waals surface area contributed by atoms with Gasteiger partial charge in [-0.25, -0.2) is 4.98 Å². The van der Waals surface area contributed by atoms with Gasteiger partial charge in [0, 0.05) is 5.56 Å². The van der Waals surface area contributed by atoms with Gasteiger partial charge in [0.15, 0.2) is 5.58 Å². The van der Waals surface area contributed by atoms with Crippen LogP contribution in [0.2, 0.25) is 0 Å². The highest BCUT2D eigenvalue weighted by Gasteiger charge is 2.11. The second-order valence-corrected chi connectivity index (χ2v) is 5.33. The maximum absolute atomic E-state index is 5.94. The van der Waals surface area contributed by atoms with Crippen molar-refractivity contribution in [1.29, 1.82) is 0 Å². The Bertz CT molecular complexity index is 748. The van der Waals surface area contributed by atoms with Crippen molar-refractivity contribution in [2.24, 2.45) is 0 Å². The fourth-order valence-corrected chi connectivity index (χ4v) is 2.60. The summed E-state index contributed by atoms with van der Waals surface area (Å²) in [6, 6.07) is 10.6. The summed E-state index contributed by atoms with van der Waals surface area (Å²) in [5.74, 6) is 0.704. The first kappa shape index (κ1) is 12.0. The van der Waals surface area contributed by atoms with Gasteiger partial charge in [0.25, 0.3) is 0 Å². The van der Waals surface area contributed by atoms with Crippen LogP contribution >= 0.6 is 0 Å². The van der Waals surface area contributed by atoms with Crippen LogP contribution in [0.1, 0.15) is 22.3 Å². The van der Waals surface area contributed by atoms with Crippen LogP contribution in [0.4, 0.5) is 0 Å². The fourth-order valence-electron chi connectivity index (χ4n) is 2.60. The molecule has 0 aliphatic carbocycles. The number of nitrogens with zero attached hydrogens (tertiary/aromatic N) is 1. The lowest BCUT2D eigenvalue weighted by molar-refractivity contribution is 0.617. The van der Waals surface area contributed by atoms with Crippen molar-refractivity contribution in [3.8, 4) is 11.5 Å². The molecule has 0 aliphatic heterocycles. The van der Waals surface area contributed by atoms with Gasteiger partial charge >= 0.3 is 0 Å². The molecule has 2 heteroatoms.